The average Bonchev–Trinajstić information content (AvgIpc) is 2.13. The molecule has 0 fully saturated rings. The van der Waals surface area contributed by atoms with Crippen molar-refractivity contribution in [2.45, 2.75) is 85.0 Å². The van der Waals surface area contributed by atoms with Gasteiger partial charge in [-0.25, -0.2) is 0 Å². The summed E-state index contributed by atoms with van der Waals surface area (Å²) in [6.45, 7) is 17.0. The number of aliphatic hydroxyl groups is 1. The molecule has 0 rings (SSSR count). The van der Waals surface area contributed by atoms with Crippen molar-refractivity contribution >= 4 is 0 Å². The van der Waals surface area contributed by atoms with E-state index in [9.17, 15) is 5.11 Å². The van der Waals surface area contributed by atoms with Gasteiger partial charge in [-0.05, 0) is 59.8 Å². The van der Waals surface area contributed by atoms with Crippen molar-refractivity contribution in [2.24, 2.45) is 5.41 Å². The van der Waals surface area contributed by atoms with E-state index in [-0.39, 0.29) is 16.6 Å². The lowest BCUT2D eigenvalue weighted by atomic mass is 9.70. The van der Waals surface area contributed by atoms with Crippen LogP contribution in [0, 0.1) is 5.41 Å². The molecule has 116 valence electrons. The summed E-state index contributed by atoms with van der Waals surface area (Å²) in [6.07, 6.45) is 1.55. The van der Waals surface area contributed by atoms with E-state index in [1.807, 2.05) is 13.8 Å². The lowest BCUT2D eigenvalue weighted by Crippen LogP contribution is -2.46. The molecule has 0 atom stereocenters. The number of hydrogen-bond acceptors (Lipinski definition) is 3. The van der Waals surface area contributed by atoms with E-state index in [1.54, 1.807) is 7.11 Å². The van der Waals surface area contributed by atoms with Gasteiger partial charge in [0, 0.05) is 7.11 Å². The number of hydrogen-bond donors (Lipinski definition) is 1. The second-order valence-corrected chi connectivity index (χ2v) is 7.95. The van der Waals surface area contributed by atoms with Crippen molar-refractivity contribution in [1.29, 1.82) is 0 Å². The molecule has 0 saturated carbocycles. The van der Waals surface area contributed by atoms with E-state index >= 15 is 0 Å². The van der Waals surface area contributed by atoms with Crippen LogP contribution in [0.25, 0.3) is 0 Å². The van der Waals surface area contributed by atoms with E-state index in [4.69, 9.17) is 9.47 Å². The maximum atomic E-state index is 9.74. The number of methoxy groups -OCH3 is 1. The van der Waals surface area contributed by atoms with Crippen LogP contribution in [0.15, 0.2) is 0 Å². The maximum absolute atomic E-state index is 9.74. The van der Waals surface area contributed by atoms with Crippen LogP contribution in [-0.4, -0.2) is 35.6 Å². The largest absolute Gasteiger partial charge is 0.390 e. The van der Waals surface area contributed by atoms with Crippen LogP contribution in [0.5, 0.6) is 0 Å². The highest BCUT2D eigenvalue weighted by Crippen LogP contribution is 2.41. The Kier molecular flexibility index (Phi) is 6.07. The van der Waals surface area contributed by atoms with E-state index in [1.165, 1.54) is 0 Å². The molecule has 0 saturated heterocycles. The summed E-state index contributed by atoms with van der Waals surface area (Å²) < 4.78 is 11.6. The molecular weight excluding hydrogens is 240 g/mol. The van der Waals surface area contributed by atoms with Gasteiger partial charge in [0.05, 0.1) is 23.4 Å². The van der Waals surface area contributed by atoms with Crippen LogP contribution in [0.3, 0.4) is 0 Å². The summed E-state index contributed by atoms with van der Waals surface area (Å²) in [6, 6.07) is 0. The Balaban J connectivity index is 4.60. The fourth-order valence-electron chi connectivity index (χ4n) is 2.10. The minimum absolute atomic E-state index is 0.0217. The molecular formula is C16H34O3. The van der Waals surface area contributed by atoms with Crippen molar-refractivity contribution < 1.29 is 14.6 Å². The summed E-state index contributed by atoms with van der Waals surface area (Å²) >= 11 is 0. The molecule has 0 amide bonds. The Hall–Kier alpha value is -0.120. The van der Waals surface area contributed by atoms with Crippen LogP contribution in [-0.2, 0) is 9.47 Å². The number of ether oxygens (including phenoxy) is 2. The van der Waals surface area contributed by atoms with E-state index in [2.05, 4.69) is 41.5 Å². The Labute approximate surface area is 119 Å². The monoisotopic (exact) mass is 274 g/mol. The average molecular weight is 274 g/mol. The Morgan fingerprint density at radius 3 is 1.74 bits per heavy atom. The second-order valence-electron chi connectivity index (χ2n) is 7.95. The van der Waals surface area contributed by atoms with Crippen LogP contribution in [0.2, 0.25) is 0 Å². The zero-order valence-corrected chi connectivity index (χ0v) is 14.4. The summed E-state index contributed by atoms with van der Waals surface area (Å²) in [5.74, 6) is 0. The molecule has 3 nitrogen and oxygen atoms in total. The first-order valence-electron chi connectivity index (χ1n) is 7.14. The summed E-state index contributed by atoms with van der Waals surface area (Å²) in [5.41, 5.74) is -1.13. The lowest BCUT2D eigenvalue weighted by Gasteiger charge is -2.45. The van der Waals surface area contributed by atoms with Gasteiger partial charge < -0.3 is 14.6 Å². The van der Waals surface area contributed by atoms with Crippen molar-refractivity contribution in [3.8, 4) is 0 Å². The van der Waals surface area contributed by atoms with Crippen molar-refractivity contribution in [3.05, 3.63) is 0 Å². The summed E-state index contributed by atoms with van der Waals surface area (Å²) in [4.78, 5) is 0. The van der Waals surface area contributed by atoms with E-state index < -0.39 is 5.60 Å². The third-order valence-electron chi connectivity index (χ3n) is 4.23. The Bertz CT molecular complexity index is 272. The molecule has 0 bridgehead atoms. The van der Waals surface area contributed by atoms with Gasteiger partial charge in [-0.15, -0.1) is 0 Å². The third-order valence-corrected chi connectivity index (χ3v) is 4.23. The first-order valence-corrected chi connectivity index (χ1v) is 7.14. The topological polar surface area (TPSA) is 38.7 Å². The molecule has 0 aliphatic heterocycles. The van der Waals surface area contributed by atoms with Crippen LogP contribution in [0.1, 0.15) is 68.2 Å². The van der Waals surface area contributed by atoms with Crippen LogP contribution >= 0.6 is 0 Å². The minimum Gasteiger partial charge on any atom is -0.390 e. The smallest absolute Gasteiger partial charge is 0.0678 e. The first-order chi connectivity index (χ1) is 8.22. The fraction of sp³-hybridized carbons (Fsp3) is 1.00. The highest BCUT2D eigenvalue weighted by atomic mass is 16.5. The molecule has 0 aromatic carbocycles. The lowest BCUT2D eigenvalue weighted by molar-refractivity contribution is -0.136. The highest BCUT2D eigenvalue weighted by molar-refractivity contribution is 4.92. The minimum atomic E-state index is -0.675. The third kappa shape index (κ3) is 6.73. The van der Waals surface area contributed by atoms with Gasteiger partial charge in [-0.2, -0.15) is 0 Å². The highest BCUT2D eigenvalue weighted by Gasteiger charge is 2.42. The SMILES string of the molecule is COC(C)(C)CC(C)(C)C(C)(C)OCCC(C)(C)O. The van der Waals surface area contributed by atoms with Crippen molar-refractivity contribution in [1.82, 2.24) is 0 Å². The summed E-state index contributed by atoms with van der Waals surface area (Å²) in [5, 5.41) is 9.74. The fourth-order valence-corrected chi connectivity index (χ4v) is 2.10. The molecule has 19 heavy (non-hydrogen) atoms. The standard InChI is InChI=1S/C16H34O3/c1-13(2,12-15(5,6)18-9)16(7,8)19-11-10-14(3,4)17/h17H,10-12H2,1-9H3. The van der Waals surface area contributed by atoms with Crippen LogP contribution in [0.4, 0.5) is 0 Å². The Morgan fingerprint density at radius 1 is 0.895 bits per heavy atom. The molecule has 0 radical (unpaired) electrons. The molecule has 1 N–H and O–H groups in total. The molecule has 0 heterocycles. The molecule has 0 spiro atoms. The van der Waals surface area contributed by atoms with Gasteiger partial charge >= 0.3 is 0 Å². The normalized spacial score (nSPS) is 14.8. The molecule has 3 heteroatoms. The van der Waals surface area contributed by atoms with Crippen LogP contribution < -0.4 is 0 Å². The zero-order chi connectivity index (χ0) is 15.5. The predicted octanol–water partition coefficient (Wildman–Crippen LogP) is 3.78. The second kappa shape index (κ2) is 6.11. The Morgan fingerprint density at radius 2 is 1.37 bits per heavy atom. The van der Waals surface area contributed by atoms with Gasteiger partial charge in [0.2, 0.25) is 0 Å². The molecule has 0 aromatic rings. The predicted molar refractivity (Wildman–Crippen MR) is 80.4 cm³/mol. The van der Waals surface area contributed by atoms with Gasteiger partial charge in [0.25, 0.3) is 0 Å². The zero-order valence-electron chi connectivity index (χ0n) is 14.4. The first kappa shape index (κ1) is 18.9. The van der Waals surface area contributed by atoms with Crippen molar-refractivity contribution in [2.75, 3.05) is 13.7 Å². The number of rotatable bonds is 8. The molecule has 0 unspecified atom stereocenters. The molecule has 0 aliphatic carbocycles. The molecule has 0 aliphatic rings. The summed E-state index contributed by atoms with van der Waals surface area (Å²) in [7, 11) is 1.75. The van der Waals surface area contributed by atoms with Gasteiger partial charge in [0.1, 0.15) is 0 Å². The quantitative estimate of drug-likeness (QED) is 0.732. The van der Waals surface area contributed by atoms with Gasteiger partial charge in [-0.1, -0.05) is 13.8 Å². The molecule has 0 aromatic heterocycles. The van der Waals surface area contributed by atoms with Gasteiger partial charge in [0.15, 0.2) is 0 Å². The van der Waals surface area contributed by atoms with Gasteiger partial charge in [-0.3, -0.25) is 0 Å². The van der Waals surface area contributed by atoms with E-state index in [0.29, 0.717) is 13.0 Å². The maximum Gasteiger partial charge on any atom is 0.0678 e. The van der Waals surface area contributed by atoms with E-state index in [0.717, 1.165) is 6.42 Å². The van der Waals surface area contributed by atoms with Crippen molar-refractivity contribution in [3.63, 3.8) is 0 Å².